The van der Waals surface area contributed by atoms with E-state index in [9.17, 15) is 8.78 Å². The average Bonchev–Trinajstić information content (AvgIpc) is 1.95. The lowest BCUT2D eigenvalue weighted by atomic mass is 9.88. The number of hydrogen-bond acceptors (Lipinski definition) is 1. The van der Waals surface area contributed by atoms with Gasteiger partial charge in [0.05, 0.1) is 0 Å². The van der Waals surface area contributed by atoms with Crippen LogP contribution >= 0.6 is 0 Å². The molecule has 0 heterocycles. The van der Waals surface area contributed by atoms with Gasteiger partial charge >= 0.3 is 0 Å². The standard InChI is InChI=1S/C8H12F2O/c1-5-3-4-8(9,10)7(11)6(5)2/h7,11H,3-4H2,1-2H3. The third-order valence-electron chi connectivity index (χ3n) is 2.32. The van der Waals surface area contributed by atoms with Crippen LogP contribution in [0.4, 0.5) is 8.78 Å². The van der Waals surface area contributed by atoms with Crippen LogP contribution in [0.15, 0.2) is 11.1 Å². The maximum absolute atomic E-state index is 12.7. The summed E-state index contributed by atoms with van der Waals surface area (Å²) in [5.74, 6) is -2.91. The van der Waals surface area contributed by atoms with Gasteiger partial charge in [0.1, 0.15) is 6.10 Å². The molecule has 0 radical (unpaired) electrons. The highest BCUT2D eigenvalue weighted by atomic mass is 19.3. The smallest absolute Gasteiger partial charge is 0.277 e. The van der Waals surface area contributed by atoms with Crippen LogP contribution in [0.25, 0.3) is 0 Å². The van der Waals surface area contributed by atoms with Crippen LogP contribution in [-0.4, -0.2) is 17.1 Å². The van der Waals surface area contributed by atoms with Crippen molar-refractivity contribution in [3.05, 3.63) is 11.1 Å². The topological polar surface area (TPSA) is 20.2 Å². The van der Waals surface area contributed by atoms with Crippen LogP contribution in [0, 0.1) is 0 Å². The number of rotatable bonds is 0. The predicted molar refractivity (Wildman–Crippen MR) is 38.6 cm³/mol. The van der Waals surface area contributed by atoms with Crippen LogP contribution in [-0.2, 0) is 0 Å². The fraction of sp³-hybridized carbons (Fsp3) is 0.750. The molecule has 0 aromatic rings. The fourth-order valence-electron chi connectivity index (χ4n) is 1.24. The zero-order chi connectivity index (χ0) is 8.65. The van der Waals surface area contributed by atoms with E-state index in [1.807, 2.05) is 0 Å². The summed E-state index contributed by atoms with van der Waals surface area (Å²) >= 11 is 0. The molecule has 1 nitrogen and oxygen atoms in total. The van der Waals surface area contributed by atoms with Crippen LogP contribution in [0.2, 0.25) is 0 Å². The summed E-state index contributed by atoms with van der Waals surface area (Å²) in [5.41, 5.74) is 1.32. The molecular formula is C8H12F2O. The molecule has 0 aromatic carbocycles. The molecule has 0 saturated carbocycles. The molecule has 11 heavy (non-hydrogen) atoms. The Hall–Kier alpha value is -0.440. The average molecular weight is 162 g/mol. The SMILES string of the molecule is CC1=C(C)C(O)C(F)(F)CC1. The highest BCUT2D eigenvalue weighted by molar-refractivity contribution is 5.20. The van der Waals surface area contributed by atoms with E-state index >= 15 is 0 Å². The van der Waals surface area contributed by atoms with Crippen molar-refractivity contribution in [1.29, 1.82) is 0 Å². The number of alkyl halides is 2. The van der Waals surface area contributed by atoms with Crippen molar-refractivity contribution in [2.45, 2.75) is 38.7 Å². The lowest BCUT2D eigenvalue weighted by Crippen LogP contribution is -2.37. The second-order valence-corrected chi connectivity index (χ2v) is 3.13. The van der Waals surface area contributed by atoms with Gasteiger partial charge in [-0.3, -0.25) is 0 Å². The van der Waals surface area contributed by atoms with Crippen LogP contribution in [0.3, 0.4) is 0 Å². The maximum Gasteiger partial charge on any atom is 0.277 e. The van der Waals surface area contributed by atoms with E-state index in [2.05, 4.69) is 0 Å². The normalized spacial score (nSPS) is 30.8. The molecule has 0 saturated heterocycles. The van der Waals surface area contributed by atoms with Gasteiger partial charge in [0.15, 0.2) is 0 Å². The van der Waals surface area contributed by atoms with Crippen molar-refractivity contribution in [3.63, 3.8) is 0 Å². The van der Waals surface area contributed by atoms with E-state index in [0.29, 0.717) is 12.0 Å². The lowest BCUT2D eigenvalue weighted by Gasteiger charge is -2.29. The van der Waals surface area contributed by atoms with Crippen molar-refractivity contribution in [2.75, 3.05) is 0 Å². The van der Waals surface area contributed by atoms with E-state index in [4.69, 9.17) is 5.11 Å². The minimum Gasteiger partial charge on any atom is -0.382 e. The molecule has 0 amide bonds. The van der Waals surface area contributed by atoms with Crippen molar-refractivity contribution >= 4 is 0 Å². The predicted octanol–water partition coefficient (Wildman–Crippen LogP) is 2.11. The molecule has 1 unspecified atom stereocenters. The molecule has 0 aliphatic heterocycles. The Morgan fingerprint density at radius 3 is 2.45 bits per heavy atom. The van der Waals surface area contributed by atoms with Crippen molar-refractivity contribution in [2.24, 2.45) is 0 Å². The van der Waals surface area contributed by atoms with Gasteiger partial charge in [-0.05, 0) is 25.8 Å². The molecule has 64 valence electrons. The quantitative estimate of drug-likeness (QED) is 0.541. The largest absolute Gasteiger partial charge is 0.382 e. The van der Waals surface area contributed by atoms with E-state index in [-0.39, 0.29) is 6.42 Å². The zero-order valence-electron chi connectivity index (χ0n) is 6.69. The molecule has 0 bridgehead atoms. The van der Waals surface area contributed by atoms with Crippen molar-refractivity contribution < 1.29 is 13.9 Å². The molecule has 1 rings (SSSR count). The molecule has 0 spiro atoms. The number of halogens is 2. The number of allylic oxidation sites excluding steroid dienone is 1. The third kappa shape index (κ3) is 1.43. The van der Waals surface area contributed by atoms with Crippen molar-refractivity contribution in [3.8, 4) is 0 Å². The Kier molecular flexibility index (Phi) is 2.01. The summed E-state index contributed by atoms with van der Waals surface area (Å²) in [6.45, 7) is 3.35. The van der Waals surface area contributed by atoms with Crippen LogP contribution in [0.5, 0.6) is 0 Å². The second-order valence-electron chi connectivity index (χ2n) is 3.13. The molecule has 0 aromatic heterocycles. The molecule has 0 fully saturated rings. The number of hydrogen-bond donors (Lipinski definition) is 1. The van der Waals surface area contributed by atoms with E-state index in [1.54, 1.807) is 13.8 Å². The van der Waals surface area contributed by atoms with Gasteiger partial charge in [0.2, 0.25) is 0 Å². The Morgan fingerprint density at radius 2 is 2.00 bits per heavy atom. The Morgan fingerprint density at radius 1 is 1.45 bits per heavy atom. The fourth-order valence-corrected chi connectivity index (χ4v) is 1.24. The highest BCUT2D eigenvalue weighted by Crippen LogP contribution is 2.36. The minimum absolute atomic E-state index is 0.225. The maximum atomic E-state index is 12.7. The van der Waals surface area contributed by atoms with E-state index < -0.39 is 12.0 Å². The van der Waals surface area contributed by atoms with Gasteiger partial charge in [-0.2, -0.15) is 0 Å². The first-order chi connectivity index (χ1) is 4.95. The first-order valence-electron chi connectivity index (χ1n) is 3.67. The first kappa shape index (κ1) is 8.65. The minimum atomic E-state index is -2.91. The summed E-state index contributed by atoms with van der Waals surface area (Å²) in [5, 5.41) is 9.07. The Balaban J connectivity index is 2.90. The number of aliphatic hydroxyl groups is 1. The van der Waals surface area contributed by atoms with Gasteiger partial charge in [0.25, 0.3) is 5.92 Å². The van der Waals surface area contributed by atoms with Crippen LogP contribution in [0.1, 0.15) is 26.7 Å². The Bertz CT molecular complexity index is 196. The first-order valence-corrected chi connectivity index (χ1v) is 3.67. The van der Waals surface area contributed by atoms with Gasteiger partial charge in [0, 0.05) is 6.42 Å². The lowest BCUT2D eigenvalue weighted by molar-refractivity contribution is -0.102. The molecule has 1 aliphatic rings. The molecule has 1 atom stereocenters. The molecule has 1 aliphatic carbocycles. The van der Waals surface area contributed by atoms with E-state index in [1.165, 1.54) is 0 Å². The zero-order valence-corrected chi connectivity index (χ0v) is 6.69. The second kappa shape index (κ2) is 2.55. The highest BCUT2D eigenvalue weighted by Gasteiger charge is 2.42. The third-order valence-corrected chi connectivity index (χ3v) is 2.32. The van der Waals surface area contributed by atoms with Crippen LogP contribution < -0.4 is 0 Å². The summed E-state index contributed by atoms with van der Waals surface area (Å²) in [4.78, 5) is 0. The van der Waals surface area contributed by atoms with Gasteiger partial charge in [-0.1, -0.05) is 5.57 Å². The summed E-state index contributed by atoms with van der Waals surface area (Å²) < 4.78 is 25.5. The van der Waals surface area contributed by atoms with Crippen molar-refractivity contribution in [1.82, 2.24) is 0 Å². The van der Waals surface area contributed by atoms with E-state index in [0.717, 1.165) is 5.57 Å². The van der Waals surface area contributed by atoms with Gasteiger partial charge < -0.3 is 5.11 Å². The molecule has 1 N–H and O–H groups in total. The van der Waals surface area contributed by atoms with Gasteiger partial charge in [-0.15, -0.1) is 0 Å². The summed E-state index contributed by atoms with van der Waals surface area (Å²) in [6, 6.07) is 0. The summed E-state index contributed by atoms with van der Waals surface area (Å²) in [6.07, 6.45) is -1.39. The summed E-state index contributed by atoms with van der Waals surface area (Å²) in [7, 11) is 0. The van der Waals surface area contributed by atoms with Gasteiger partial charge in [-0.25, -0.2) is 8.78 Å². The molecular weight excluding hydrogens is 150 g/mol. The number of aliphatic hydroxyl groups excluding tert-OH is 1. The Labute approximate surface area is 64.7 Å². The molecule has 3 heteroatoms. The monoisotopic (exact) mass is 162 g/mol.